The summed E-state index contributed by atoms with van der Waals surface area (Å²) in [5, 5.41) is 0. The highest BCUT2D eigenvalue weighted by Gasteiger charge is 2.49. The van der Waals surface area contributed by atoms with Crippen LogP contribution < -0.4 is 9.47 Å². The van der Waals surface area contributed by atoms with Crippen LogP contribution in [0.25, 0.3) is 6.08 Å². The number of hydrogen-bond donors (Lipinski definition) is 0. The van der Waals surface area contributed by atoms with Gasteiger partial charge in [0.05, 0.1) is 7.11 Å². The highest BCUT2D eigenvalue weighted by molar-refractivity contribution is 5.89. The molecule has 2 atom stereocenters. The van der Waals surface area contributed by atoms with E-state index in [2.05, 4.69) is 32.0 Å². The molecule has 2 heterocycles. The number of ketones is 1. The molecule has 0 radical (unpaired) electrons. The second-order valence-corrected chi connectivity index (χ2v) is 6.94. The van der Waals surface area contributed by atoms with Crippen molar-refractivity contribution >= 4 is 11.9 Å². The second kappa shape index (κ2) is 6.10. The highest BCUT2D eigenvalue weighted by Crippen LogP contribution is 2.54. The van der Waals surface area contributed by atoms with E-state index in [-0.39, 0.29) is 17.3 Å². The molecule has 2 aliphatic heterocycles. The normalized spacial score (nSPS) is 25.4. The van der Waals surface area contributed by atoms with Gasteiger partial charge in [-0.1, -0.05) is 26.2 Å². The van der Waals surface area contributed by atoms with Gasteiger partial charge in [-0.05, 0) is 43.3 Å². The Balaban J connectivity index is 2.21. The topological polar surface area (TPSA) is 38.8 Å². The molecule has 0 aromatic heterocycles. The van der Waals surface area contributed by atoms with Crippen LogP contribution in [-0.4, -0.2) is 37.5 Å². The molecular weight excluding hydrogens is 302 g/mol. The third kappa shape index (κ3) is 2.46. The van der Waals surface area contributed by atoms with E-state index >= 15 is 0 Å². The molecule has 3 rings (SSSR count). The van der Waals surface area contributed by atoms with Crippen LogP contribution in [0.4, 0.5) is 0 Å². The maximum Gasteiger partial charge on any atom is 0.165 e. The predicted molar refractivity (Wildman–Crippen MR) is 95.6 cm³/mol. The number of carbonyl (C=O) groups is 1. The van der Waals surface area contributed by atoms with Crippen LogP contribution in [0.15, 0.2) is 25.3 Å². The Bertz CT molecular complexity index is 709. The number of allylic oxidation sites excluding steroid dienone is 1. The Morgan fingerprint density at radius 1 is 1.54 bits per heavy atom. The van der Waals surface area contributed by atoms with Gasteiger partial charge in [0.15, 0.2) is 17.3 Å². The Labute approximate surface area is 143 Å². The molecule has 0 N–H and O–H groups in total. The largest absolute Gasteiger partial charge is 0.493 e. The zero-order valence-corrected chi connectivity index (χ0v) is 14.7. The zero-order chi connectivity index (χ0) is 17.5. The van der Waals surface area contributed by atoms with Gasteiger partial charge in [-0.3, -0.25) is 4.79 Å². The Kier molecular flexibility index (Phi) is 4.26. The fourth-order valence-electron chi connectivity index (χ4n) is 3.95. The van der Waals surface area contributed by atoms with Gasteiger partial charge in [0.25, 0.3) is 0 Å². The van der Waals surface area contributed by atoms with Gasteiger partial charge in [0.2, 0.25) is 0 Å². The summed E-state index contributed by atoms with van der Waals surface area (Å²) < 4.78 is 11.8. The molecule has 128 valence electrons. The maximum absolute atomic E-state index is 12.0. The molecule has 0 spiro atoms. The van der Waals surface area contributed by atoms with E-state index in [0.717, 1.165) is 30.8 Å². The molecule has 2 aliphatic rings. The first-order valence-electron chi connectivity index (χ1n) is 8.31. The lowest BCUT2D eigenvalue weighted by Gasteiger charge is -2.30. The molecule has 0 saturated heterocycles. The SMILES string of the molecule is C=CC(=O)CC1Oc2c(OC)cc(C=C)c3c2[C@@]1(C)CCN(C)C3. The fraction of sp³-hybridized carbons (Fsp3) is 0.450. The van der Waals surface area contributed by atoms with Crippen molar-refractivity contribution in [2.45, 2.75) is 37.8 Å². The molecule has 1 aromatic rings. The highest BCUT2D eigenvalue weighted by atomic mass is 16.5. The Hall–Kier alpha value is -2.07. The van der Waals surface area contributed by atoms with E-state index in [0.29, 0.717) is 12.2 Å². The molecule has 24 heavy (non-hydrogen) atoms. The molecule has 0 aliphatic carbocycles. The number of nitrogens with zero attached hydrogens (tertiary/aromatic N) is 1. The van der Waals surface area contributed by atoms with Crippen LogP contribution in [0.2, 0.25) is 0 Å². The van der Waals surface area contributed by atoms with E-state index in [9.17, 15) is 4.79 Å². The van der Waals surface area contributed by atoms with E-state index in [1.807, 2.05) is 12.1 Å². The molecule has 0 bridgehead atoms. The number of rotatable bonds is 5. The first kappa shape index (κ1) is 16.8. The number of carbonyl (C=O) groups excluding carboxylic acids is 1. The van der Waals surface area contributed by atoms with Crippen LogP contribution >= 0.6 is 0 Å². The van der Waals surface area contributed by atoms with Crippen molar-refractivity contribution in [3.05, 3.63) is 42.0 Å². The van der Waals surface area contributed by atoms with E-state index < -0.39 is 0 Å². The molecule has 1 unspecified atom stereocenters. The first-order valence-corrected chi connectivity index (χ1v) is 8.31. The van der Waals surface area contributed by atoms with Gasteiger partial charge in [0, 0.05) is 23.9 Å². The minimum atomic E-state index is -0.222. The molecule has 0 saturated carbocycles. The average molecular weight is 327 g/mol. The van der Waals surface area contributed by atoms with Crippen molar-refractivity contribution in [2.24, 2.45) is 0 Å². The summed E-state index contributed by atoms with van der Waals surface area (Å²) >= 11 is 0. The molecule has 0 amide bonds. The summed E-state index contributed by atoms with van der Waals surface area (Å²) in [6.45, 7) is 11.6. The van der Waals surface area contributed by atoms with Gasteiger partial charge >= 0.3 is 0 Å². The quantitative estimate of drug-likeness (QED) is 0.778. The summed E-state index contributed by atoms with van der Waals surface area (Å²) in [5.41, 5.74) is 3.27. The summed E-state index contributed by atoms with van der Waals surface area (Å²) in [5.74, 6) is 1.52. The molecule has 4 heteroatoms. The van der Waals surface area contributed by atoms with Crippen molar-refractivity contribution < 1.29 is 14.3 Å². The average Bonchev–Trinajstić information content (AvgIpc) is 2.77. The van der Waals surface area contributed by atoms with E-state index in [1.54, 1.807) is 7.11 Å². The van der Waals surface area contributed by atoms with Crippen LogP contribution in [0.3, 0.4) is 0 Å². The van der Waals surface area contributed by atoms with Crippen molar-refractivity contribution in [3.63, 3.8) is 0 Å². The maximum atomic E-state index is 12.0. The van der Waals surface area contributed by atoms with E-state index in [1.165, 1.54) is 17.2 Å². The van der Waals surface area contributed by atoms with Crippen molar-refractivity contribution in [2.75, 3.05) is 20.7 Å². The third-order valence-electron chi connectivity index (χ3n) is 5.42. The van der Waals surface area contributed by atoms with Crippen LogP contribution in [0.5, 0.6) is 11.5 Å². The van der Waals surface area contributed by atoms with E-state index in [4.69, 9.17) is 9.47 Å². The third-order valence-corrected chi connectivity index (χ3v) is 5.42. The zero-order valence-electron chi connectivity index (χ0n) is 14.7. The van der Waals surface area contributed by atoms with Gasteiger partial charge < -0.3 is 14.4 Å². The molecule has 1 aromatic carbocycles. The molecular formula is C20H25NO3. The lowest BCUT2D eigenvalue weighted by molar-refractivity contribution is -0.116. The fourth-order valence-corrected chi connectivity index (χ4v) is 3.95. The smallest absolute Gasteiger partial charge is 0.165 e. The first-order chi connectivity index (χ1) is 11.4. The number of ether oxygens (including phenoxy) is 2. The number of benzene rings is 1. The van der Waals surface area contributed by atoms with Crippen LogP contribution in [0.1, 0.15) is 36.5 Å². The van der Waals surface area contributed by atoms with Gasteiger partial charge in [-0.2, -0.15) is 0 Å². The summed E-state index contributed by atoms with van der Waals surface area (Å²) in [4.78, 5) is 14.3. The molecule has 4 nitrogen and oxygen atoms in total. The minimum Gasteiger partial charge on any atom is -0.493 e. The Morgan fingerprint density at radius 3 is 2.92 bits per heavy atom. The Morgan fingerprint density at radius 2 is 2.29 bits per heavy atom. The lowest BCUT2D eigenvalue weighted by atomic mass is 9.73. The van der Waals surface area contributed by atoms with Crippen LogP contribution in [-0.2, 0) is 16.8 Å². The van der Waals surface area contributed by atoms with Crippen LogP contribution in [0, 0.1) is 0 Å². The van der Waals surface area contributed by atoms with Gasteiger partial charge in [0.1, 0.15) is 6.10 Å². The standard InChI is InChI=1S/C20H25NO3/c1-6-13-10-16(23-5)19-18-15(13)12-21(4)9-8-20(18,3)17(24-19)11-14(22)7-2/h6-7,10,17H,1-2,8-9,11-12H2,3-5H3/t17?,20-/m0/s1. The van der Waals surface area contributed by atoms with Crippen molar-refractivity contribution in [1.82, 2.24) is 4.90 Å². The number of methoxy groups -OCH3 is 1. The van der Waals surface area contributed by atoms with Crippen molar-refractivity contribution in [3.8, 4) is 11.5 Å². The van der Waals surface area contributed by atoms with Gasteiger partial charge in [-0.25, -0.2) is 0 Å². The summed E-state index contributed by atoms with van der Waals surface area (Å²) in [7, 11) is 3.77. The minimum absolute atomic E-state index is 0.0103. The summed E-state index contributed by atoms with van der Waals surface area (Å²) in [6, 6.07) is 1.98. The monoisotopic (exact) mass is 327 g/mol. The lowest BCUT2D eigenvalue weighted by Crippen LogP contribution is -2.38. The predicted octanol–water partition coefficient (Wildman–Crippen LogP) is 3.34. The summed E-state index contributed by atoms with van der Waals surface area (Å²) in [6.07, 6.45) is 4.33. The van der Waals surface area contributed by atoms with Gasteiger partial charge in [-0.15, -0.1) is 0 Å². The second-order valence-electron chi connectivity index (χ2n) is 6.94. The van der Waals surface area contributed by atoms with Crippen molar-refractivity contribution in [1.29, 1.82) is 0 Å². The number of hydrogen-bond acceptors (Lipinski definition) is 4. The molecule has 0 fully saturated rings.